The minimum atomic E-state index is -4.08. The fourth-order valence-corrected chi connectivity index (χ4v) is 8.26. The van der Waals surface area contributed by atoms with Crippen molar-refractivity contribution in [2.75, 3.05) is 18.9 Å². The molecule has 3 aliphatic heterocycles. The molecule has 4 N–H and O–H groups in total. The zero-order chi connectivity index (χ0) is 30.1. The van der Waals surface area contributed by atoms with E-state index in [1.165, 1.54) is 46.1 Å². The molecule has 16 nitrogen and oxygen atoms in total. The molecule has 9 atom stereocenters. The van der Waals surface area contributed by atoms with Crippen molar-refractivity contribution in [3.05, 3.63) is 53.6 Å². The standard InChI is InChI=1S/C22H24FN7O9P2S2/c23-16-18-14(37-21(16)30-10-27-17-12(24)1-3-25-19(17)30)9-35-40(32,42)38-13-7-11(8-34-41(33,43)39-18)36-20(13)29-5-2-15(31)28-6-4-26-22(28)29/h1-6,10-11,13-14,16,18,20-21H,7-9H2,(H2,24,25)(H,32,42)(H,33,43)/t11-,13+,14+,16-,18+,20+,21+,40?,41?/m0/s1. The number of hydrogen-bond donors (Lipinski definition) is 3. The van der Waals surface area contributed by atoms with E-state index in [1.54, 1.807) is 10.6 Å². The summed E-state index contributed by atoms with van der Waals surface area (Å²) in [4.78, 5) is 46.9. The lowest BCUT2D eigenvalue weighted by atomic mass is 10.1. The SMILES string of the molecule is Nc1ccnc2c1ncn2[C@@H]1O[C@@H]2COP(O)(=S)O[C@@H]3C[C@@H](COP(O)(=S)O[C@H]2[C@@H]1F)O[C@H]3n1ccc(=O)n2ccnc12. The highest BCUT2D eigenvalue weighted by Crippen LogP contribution is 2.54. The van der Waals surface area contributed by atoms with Gasteiger partial charge in [0.15, 0.2) is 24.3 Å². The third kappa shape index (κ3) is 5.47. The minimum absolute atomic E-state index is 0.127. The monoisotopic (exact) mass is 675 g/mol. The molecule has 3 aliphatic rings. The van der Waals surface area contributed by atoms with Gasteiger partial charge < -0.3 is 38.6 Å². The van der Waals surface area contributed by atoms with E-state index in [4.69, 9.17) is 56.9 Å². The first-order valence-corrected chi connectivity index (χ1v) is 18.1. The molecular formula is C22H24FN7O9P2S2. The maximum Gasteiger partial charge on any atom is 0.325 e. The highest BCUT2D eigenvalue weighted by molar-refractivity contribution is 8.07. The fourth-order valence-electron chi connectivity index (χ4n) is 5.36. The molecule has 3 saturated heterocycles. The van der Waals surface area contributed by atoms with Crippen molar-refractivity contribution < 1.29 is 41.7 Å². The third-order valence-electron chi connectivity index (χ3n) is 7.27. The topological polar surface area (TPSA) is 192 Å². The van der Waals surface area contributed by atoms with Gasteiger partial charge in [-0.1, -0.05) is 0 Å². The van der Waals surface area contributed by atoms with E-state index < -0.39 is 63.1 Å². The van der Waals surface area contributed by atoms with Gasteiger partial charge in [0.2, 0.25) is 5.78 Å². The first-order valence-electron chi connectivity index (χ1n) is 12.9. The van der Waals surface area contributed by atoms with Crippen LogP contribution in [0.15, 0.2) is 48.0 Å². The summed E-state index contributed by atoms with van der Waals surface area (Å²) in [7, 11) is 0. The number of nitrogens with zero attached hydrogens (tertiary/aromatic N) is 6. The zero-order valence-corrected chi connectivity index (χ0v) is 25.2. The number of ether oxygens (including phenoxy) is 2. The Morgan fingerprint density at radius 3 is 2.58 bits per heavy atom. The number of pyridine rings is 1. The number of hydrogen-bond acceptors (Lipinski definition) is 13. The molecule has 2 unspecified atom stereocenters. The van der Waals surface area contributed by atoms with E-state index in [0.717, 1.165) is 0 Å². The number of aromatic nitrogens is 6. The molecule has 43 heavy (non-hydrogen) atoms. The van der Waals surface area contributed by atoms with Gasteiger partial charge in [-0.05, 0) is 29.7 Å². The summed E-state index contributed by atoms with van der Waals surface area (Å²) in [6.45, 7) is -8.85. The van der Waals surface area contributed by atoms with E-state index in [0.29, 0.717) is 11.2 Å². The molecule has 0 amide bonds. The number of fused-ring (bicyclic) bond motifs is 5. The Morgan fingerprint density at radius 1 is 0.953 bits per heavy atom. The molecule has 0 aliphatic carbocycles. The lowest BCUT2D eigenvalue weighted by Crippen LogP contribution is -2.34. The lowest BCUT2D eigenvalue weighted by molar-refractivity contribution is -0.0600. The van der Waals surface area contributed by atoms with Crippen molar-refractivity contribution in [2.24, 2.45) is 0 Å². The highest BCUT2D eigenvalue weighted by Gasteiger charge is 2.51. The normalized spacial score (nSPS) is 37.1. The Labute approximate surface area is 251 Å². The van der Waals surface area contributed by atoms with Crippen LogP contribution in [0.4, 0.5) is 10.1 Å². The van der Waals surface area contributed by atoms with Crippen LogP contribution in [0.3, 0.4) is 0 Å². The minimum Gasteiger partial charge on any atom is -0.397 e. The molecule has 4 aromatic heterocycles. The summed E-state index contributed by atoms with van der Waals surface area (Å²) in [6.07, 6.45) is -1.22. The van der Waals surface area contributed by atoms with E-state index in [1.807, 2.05) is 0 Å². The van der Waals surface area contributed by atoms with E-state index in [2.05, 4.69) is 15.0 Å². The summed E-state index contributed by atoms with van der Waals surface area (Å²) in [5, 5.41) is 0. The first-order chi connectivity index (χ1) is 20.5. The number of nitrogen functional groups attached to an aromatic ring is 1. The predicted molar refractivity (Wildman–Crippen MR) is 153 cm³/mol. The molecule has 21 heteroatoms. The van der Waals surface area contributed by atoms with Crippen molar-refractivity contribution >= 4 is 59.7 Å². The van der Waals surface area contributed by atoms with Crippen LogP contribution in [0.2, 0.25) is 0 Å². The van der Waals surface area contributed by atoms with E-state index >= 15 is 4.39 Å². The second-order valence-electron chi connectivity index (χ2n) is 10.0. The summed E-state index contributed by atoms with van der Waals surface area (Å²) in [6, 6.07) is 2.87. The third-order valence-corrected chi connectivity index (χ3v) is 10.4. The summed E-state index contributed by atoms with van der Waals surface area (Å²) >= 11 is 10.5. The zero-order valence-electron chi connectivity index (χ0n) is 21.8. The van der Waals surface area contributed by atoms with Crippen LogP contribution in [0.1, 0.15) is 18.9 Å². The van der Waals surface area contributed by atoms with Crippen molar-refractivity contribution in [3.8, 4) is 0 Å². The van der Waals surface area contributed by atoms with Gasteiger partial charge in [-0.25, -0.2) is 19.3 Å². The van der Waals surface area contributed by atoms with Crippen LogP contribution in [0.25, 0.3) is 16.9 Å². The fraction of sp³-hybridized carbons (Fsp3) is 0.455. The predicted octanol–water partition coefficient (Wildman–Crippen LogP) is 1.30. The van der Waals surface area contributed by atoms with Crippen molar-refractivity contribution in [2.45, 2.75) is 49.5 Å². The summed E-state index contributed by atoms with van der Waals surface area (Å²) < 4.78 is 55.0. The van der Waals surface area contributed by atoms with Gasteiger partial charge in [-0.2, -0.15) is 0 Å². The van der Waals surface area contributed by atoms with Gasteiger partial charge in [-0.15, -0.1) is 0 Å². The van der Waals surface area contributed by atoms with Gasteiger partial charge in [0.1, 0.15) is 23.8 Å². The maximum atomic E-state index is 16.0. The molecule has 0 spiro atoms. The number of rotatable bonds is 2. The van der Waals surface area contributed by atoms with Gasteiger partial charge in [-0.3, -0.25) is 22.9 Å². The Hall–Kier alpha value is -2.25. The molecular weight excluding hydrogens is 651 g/mol. The summed E-state index contributed by atoms with van der Waals surface area (Å²) in [5.74, 6) is 0.252. The van der Waals surface area contributed by atoms with Crippen LogP contribution in [-0.4, -0.2) is 82.1 Å². The smallest absolute Gasteiger partial charge is 0.325 e. The molecule has 2 bridgehead atoms. The van der Waals surface area contributed by atoms with Gasteiger partial charge in [0.05, 0.1) is 31.3 Å². The van der Waals surface area contributed by atoms with E-state index in [9.17, 15) is 14.6 Å². The molecule has 4 aromatic rings. The maximum absolute atomic E-state index is 16.0. The summed E-state index contributed by atoms with van der Waals surface area (Å²) in [5.41, 5.74) is 6.59. The van der Waals surface area contributed by atoms with Crippen LogP contribution in [-0.2, 0) is 51.2 Å². The number of anilines is 1. The number of nitrogens with two attached hydrogens (primary N) is 1. The Morgan fingerprint density at radius 2 is 1.74 bits per heavy atom. The van der Waals surface area contributed by atoms with Gasteiger partial charge in [0.25, 0.3) is 5.56 Å². The Kier molecular flexibility index (Phi) is 7.52. The van der Waals surface area contributed by atoms with Crippen LogP contribution >= 0.6 is 13.4 Å². The first kappa shape index (κ1) is 29.5. The molecule has 7 heterocycles. The van der Waals surface area contributed by atoms with Crippen molar-refractivity contribution in [1.82, 2.24) is 28.5 Å². The second-order valence-corrected chi connectivity index (χ2v) is 15.6. The average Bonchev–Trinajstić information content (AvgIpc) is 3.74. The van der Waals surface area contributed by atoms with Crippen molar-refractivity contribution in [3.63, 3.8) is 0 Å². The van der Waals surface area contributed by atoms with Crippen LogP contribution in [0.5, 0.6) is 0 Å². The molecule has 0 aromatic carbocycles. The lowest BCUT2D eigenvalue weighted by Gasteiger charge is -2.28. The highest BCUT2D eigenvalue weighted by atomic mass is 32.5. The largest absolute Gasteiger partial charge is 0.397 e. The quantitative estimate of drug-likeness (QED) is 0.257. The number of halogens is 1. The van der Waals surface area contributed by atoms with Crippen LogP contribution < -0.4 is 11.3 Å². The molecule has 230 valence electrons. The number of imidazole rings is 2. The van der Waals surface area contributed by atoms with Crippen molar-refractivity contribution in [1.29, 1.82) is 0 Å². The Balaban J connectivity index is 1.19. The average molecular weight is 676 g/mol. The molecule has 3 fully saturated rings. The molecule has 0 radical (unpaired) electrons. The van der Waals surface area contributed by atoms with Gasteiger partial charge in [0, 0.05) is 37.3 Å². The number of alkyl halides is 1. The molecule has 7 rings (SSSR count). The van der Waals surface area contributed by atoms with Crippen LogP contribution in [0, 0.1) is 0 Å². The molecule has 0 saturated carbocycles. The second kappa shape index (κ2) is 11.0. The van der Waals surface area contributed by atoms with E-state index in [-0.39, 0.29) is 30.0 Å². The Bertz CT molecular complexity index is 1860. The van der Waals surface area contributed by atoms with Gasteiger partial charge >= 0.3 is 13.4 Å².